The van der Waals surface area contributed by atoms with Gasteiger partial charge in [0.25, 0.3) is 0 Å². The number of rotatable bonds is 5. The zero-order chi connectivity index (χ0) is 13.7. The topological polar surface area (TPSA) is 21.3 Å². The quantitative estimate of drug-likeness (QED) is 0.819. The van der Waals surface area contributed by atoms with E-state index in [9.17, 15) is 0 Å². The first-order chi connectivity index (χ1) is 9.24. The Hall–Kier alpha value is -1.61. The summed E-state index contributed by atoms with van der Waals surface area (Å²) in [6.07, 6.45) is 2.09. The average molecular weight is 273 g/mol. The molecule has 2 nitrogen and oxygen atoms in total. The van der Waals surface area contributed by atoms with Crippen LogP contribution in [0.2, 0.25) is 0 Å². The fraction of sp³-hybridized carbons (Fsp3) is 0.250. The maximum absolute atomic E-state index is 5.40. The summed E-state index contributed by atoms with van der Waals surface area (Å²) in [7, 11) is 1.71. The van der Waals surface area contributed by atoms with Gasteiger partial charge in [-0.1, -0.05) is 29.8 Å². The Kier molecular flexibility index (Phi) is 4.74. The number of hydrogen-bond acceptors (Lipinski definition) is 3. The molecule has 2 rings (SSSR count). The molecule has 0 unspecified atom stereocenters. The summed E-state index contributed by atoms with van der Waals surface area (Å²) < 4.78 is 5.40. The molecule has 1 N–H and O–H groups in total. The zero-order valence-electron chi connectivity index (χ0n) is 11.6. The largest absolute Gasteiger partial charge is 0.496 e. The highest BCUT2D eigenvalue weighted by Crippen LogP contribution is 2.26. The number of para-hydroxylation sites is 1. The highest BCUT2D eigenvalue weighted by atomic mass is 32.2. The van der Waals surface area contributed by atoms with Crippen molar-refractivity contribution in [1.29, 1.82) is 0 Å². The van der Waals surface area contributed by atoms with Gasteiger partial charge in [0.2, 0.25) is 0 Å². The van der Waals surface area contributed by atoms with Gasteiger partial charge >= 0.3 is 0 Å². The fourth-order valence-corrected chi connectivity index (χ4v) is 2.60. The molecule has 2 aromatic carbocycles. The lowest BCUT2D eigenvalue weighted by atomic mass is 10.1. The predicted molar refractivity (Wildman–Crippen MR) is 83.3 cm³/mol. The summed E-state index contributed by atoms with van der Waals surface area (Å²) in [5, 5.41) is 3.48. The molecular weight excluding hydrogens is 254 g/mol. The number of nitrogens with one attached hydrogen (secondary N) is 1. The smallest absolute Gasteiger partial charge is 0.123 e. The van der Waals surface area contributed by atoms with E-state index in [4.69, 9.17) is 4.74 Å². The highest BCUT2D eigenvalue weighted by molar-refractivity contribution is 7.98. The molecule has 0 radical (unpaired) electrons. The molecule has 0 saturated heterocycles. The van der Waals surface area contributed by atoms with E-state index >= 15 is 0 Å². The van der Waals surface area contributed by atoms with Crippen LogP contribution in [0.1, 0.15) is 11.1 Å². The van der Waals surface area contributed by atoms with E-state index in [1.807, 2.05) is 6.07 Å². The predicted octanol–water partition coefficient (Wildman–Crippen LogP) is 4.34. The Morgan fingerprint density at radius 3 is 2.68 bits per heavy atom. The summed E-state index contributed by atoms with van der Waals surface area (Å²) in [5.41, 5.74) is 3.59. The Morgan fingerprint density at radius 1 is 1.16 bits per heavy atom. The van der Waals surface area contributed by atoms with Gasteiger partial charge in [0.1, 0.15) is 5.75 Å². The number of aryl methyl sites for hydroxylation is 1. The fourth-order valence-electron chi connectivity index (χ4n) is 2.03. The summed E-state index contributed by atoms with van der Waals surface area (Å²) in [5.74, 6) is 0.930. The Balaban J connectivity index is 2.16. The first-order valence-electron chi connectivity index (χ1n) is 6.25. The SMILES string of the molecule is COc1ccc(C)cc1CNc1ccccc1SC. The second kappa shape index (κ2) is 6.53. The average Bonchev–Trinajstić information content (AvgIpc) is 2.45. The van der Waals surface area contributed by atoms with Crippen LogP contribution >= 0.6 is 11.8 Å². The molecule has 100 valence electrons. The molecule has 0 bridgehead atoms. The van der Waals surface area contributed by atoms with E-state index in [2.05, 4.69) is 54.9 Å². The van der Waals surface area contributed by atoms with E-state index in [1.165, 1.54) is 21.7 Å². The van der Waals surface area contributed by atoms with Gasteiger partial charge in [-0.3, -0.25) is 0 Å². The number of thioether (sulfide) groups is 1. The Labute approximate surface area is 119 Å². The number of hydrogen-bond donors (Lipinski definition) is 1. The third-order valence-corrected chi connectivity index (χ3v) is 3.81. The maximum atomic E-state index is 5.40. The lowest BCUT2D eigenvalue weighted by Gasteiger charge is -2.13. The standard InChI is InChI=1S/C16H19NOS/c1-12-8-9-15(18-2)13(10-12)11-17-14-6-4-5-7-16(14)19-3/h4-10,17H,11H2,1-3H3. The molecule has 0 atom stereocenters. The van der Waals surface area contributed by atoms with Gasteiger partial charge in [-0.05, 0) is 31.4 Å². The van der Waals surface area contributed by atoms with E-state index in [0.717, 1.165) is 12.3 Å². The Morgan fingerprint density at radius 2 is 1.95 bits per heavy atom. The monoisotopic (exact) mass is 273 g/mol. The third kappa shape index (κ3) is 3.44. The lowest BCUT2D eigenvalue weighted by molar-refractivity contribution is 0.410. The molecule has 0 aromatic heterocycles. The highest BCUT2D eigenvalue weighted by Gasteiger charge is 2.05. The van der Waals surface area contributed by atoms with E-state index in [1.54, 1.807) is 18.9 Å². The van der Waals surface area contributed by atoms with Gasteiger partial charge in [-0.25, -0.2) is 0 Å². The molecule has 0 aliphatic rings. The summed E-state index contributed by atoms with van der Waals surface area (Å²) in [6, 6.07) is 14.6. The first-order valence-corrected chi connectivity index (χ1v) is 7.47. The van der Waals surface area contributed by atoms with Crippen LogP contribution in [0, 0.1) is 6.92 Å². The van der Waals surface area contributed by atoms with Crippen molar-refractivity contribution in [2.45, 2.75) is 18.4 Å². The molecule has 0 amide bonds. The van der Waals surface area contributed by atoms with Gasteiger partial charge in [0.15, 0.2) is 0 Å². The maximum Gasteiger partial charge on any atom is 0.123 e. The Bertz CT molecular complexity index is 554. The molecule has 0 aliphatic heterocycles. The molecule has 0 aliphatic carbocycles. The van der Waals surface area contributed by atoms with Gasteiger partial charge in [-0.15, -0.1) is 11.8 Å². The summed E-state index contributed by atoms with van der Waals surface area (Å²) >= 11 is 1.75. The van der Waals surface area contributed by atoms with Crippen molar-refractivity contribution < 1.29 is 4.74 Å². The van der Waals surface area contributed by atoms with Crippen LogP contribution in [0.5, 0.6) is 5.75 Å². The van der Waals surface area contributed by atoms with Crippen LogP contribution in [-0.2, 0) is 6.54 Å². The molecule has 0 fully saturated rings. The summed E-state index contributed by atoms with van der Waals surface area (Å²) in [6.45, 7) is 2.86. The number of ether oxygens (including phenoxy) is 1. The van der Waals surface area contributed by atoms with Crippen molar-refractivity contribution in [2.75, 3.05) is 18.7 Å². The van der Waals surface area contributed by atoms with Crippen LogP contribution in [0.4, 0.5) is 5.69 Å². The molecule has 19 heavy (non-hydrogen) atoms. The summed E-state index contributed by atoms with van der Waals surface area (Å²) in [4.78, 5) is 1.26. The lowest BCUT2D eigenvalue weighted by Crippen LogP contribution is -2.03. The van der Waals surface area contributed by atoms with Gasteiger partial charge in [-0.2, -0.15) is 0 Å². The van der Waals surface area contributed by atoms with Crippen molar-refractivity contribution in [1.82, 2.24) is 0 Å². The van der Waals surface area contributed by atoms with E-state index in [-0.39, 0.29) is 0 Å². The van der Waals surface area contributed by atoms with Crippen molar-refractivity contribution in [3.8, 4) is 5.75 Å². The van der Waals surface area contributed by atoms with E-state index < -0.39 is 0 Å². The minimum absolute atomic E-state index is 0.766. The van der Waals surface area contributed by atoms with Crippen LogP contribution in [0.25, 0.3) is 0 Å². The van der Waals surface area contributed by atoms with Crippen LogP contribution in [-0.4, -0.2) is 13.4 Å². The van der Waals surface area contributed by atoms with Crippen molar-refractivity contribution in [3.05, 3.63) is 53.6 Å². The number of benzene rings is 2. The molecule has 3 heteroatoms. The molecule has 0 saturated carbocycles. The minimum Gasteiger partial charge on any atom is -0.496 e. The molecule has 2 aromatic rings. The zero-order valence-corrected chi connectivity index (χ0v) is 12.4. The first kappa shape index (κ1) is 13.8. The number of methoxy groups -OCH3 is 1. The van der Waals surface area contributed by atoms with Crippen LogP contribution in [0.3, 0.4) is 0 Å². The number of anilines is 1. The third-order valence-electron chi connectivity index (χ3n) is 3.01. The second-order valence-electron chi connectivity index (χ2n) is 4.37. The minimum atomic E-state index is 0.766. The van der Waals surface area contributed by atoms with Gasteiger partial charge in [0.05, 0.1) is 7.11 Å². The normalized spacial score (nSPS) is 10.3. The van der Waals surface area contributed by atoms with Gasteiger partial charge < -0.3 is 10.1 Å². The molecule has 0 heterocycles. The van der Waals surface area contributed by atoms with Gasteiger partial charge in [0, 0.05) is 22.7 Å². The van der Waals surface area contributed by atoms with Crippen LogP contribution in [0.15, 0.2) is 47.4 Å². The van der Waals surface area contributed by atoms with Crippen molar-refractivity contribution in [2.24, 2.45) is 0 Å². The molecular formula is C16H19NOS. The van der Waals surface area contributed by atoms with Crippen molar-refractivity contribution >= 4 is 17.4 Å². The second-order valence-corrected chi connectivity index (χ2v) is 5.22. The van der Waals surface area contributed by atoms with E-state index in [0.29, 0.717) is 0 Å². The van der Waals surface area contributed by atoms with Crippen molar-refractivity contribution in [3.63, 3.8) is 0 Å². The van der Waals surface area contributed by atoms with Crippen LogP contribution < -0.4 is 10.1 Å². The molecule has 0 spiro atoms.